The van der Waals surface area contributed by atoms with Crippen molar-refractivity contribution in [3.8, 4) is 0 Å². The Labute approximate surface area is 305 Å². The molecule has 0 aromatic rings. The summed E-state index contributed by atoms with van der Waals surface area (Å²) in [7, 11) is 4.25. The fourth-order valence-corrected chi connectivity index (χ4v) is 7.37. The maximum atomic E-state index is 6.91. The Morgan fingerprint density at radius 1 is 0.490 bits per heavy atom. The minimum atomic E-state index is -0.414. The Bertz CT molecular complexity index is 826. The second-order valence-electron chi connectivity index (χ2n) is 15.4. The van der Waals surface area contributed by atoms with Gasteiger partial charge < -0.3 is 19.1 Å². The fraction of sp³-hybridized carbons (Fsp3) is 0.822. The largest absolute Gasteiger partial charge is 0.368 e. The molecular formula is C45H81NO3. The first-order chi connectivity index (χ1) is 24.0. The van der Waals surface area contributed by atoms with E-state index in [0.717, 1.165) is 32.2 Å². The van der Waals surface area contributed by atoms with Crippen LogP contribution < -0.4 is 0 Å². The normalized spacial score (nSPS) is 24.3. The predicted molar refractivity (Wildman–Crippen MR) is 213 cm³/mol. The number of ether oxygens (including phenoxy) is 3. The number of fused-ring (bicyclic) bond motifs is 1. The van der Waals surface area contributed by atoms with Gasteiger partial charge in [0.05, 0.1) is 12.2 Å². The van der Waals surface area contributed by atoms with Gasteiger partial charge in [-0.15, -0.1) is 0 Å². The zero-order chi connectivity index (χ0) is 35.3. The Balaban J connectivity index is 1.63. The summed E-state index contributed by atoms with van der Waals surface area (Å²) in [5, 5.41) is 0. The van der Waals surface area contributed by atoms with Crippen molar-refractivity contribution in [1.82, 2.24) is 4.90 Å². The monoisotopic (exact) mass is 684 g/mol. The van der Waals surface area contributed by atoms with Crippen molar-refractivity contribution in [3.63, 3.8) is 0 Å². The van der Waals surface area contributed by atoms with Crippen molar-refractivity contribution in [1.29, 1.82) is 0 Å². The van der Waals surface area contributed by atoms with Gasteiger partial charge in [0.2, 0.25) is 0 Å². The van der Waals surface area contributed by atoms with E-state index >= 15 is 0 Å². The molecule has 2 aliphatic rings. The van der Waals surface area contributed by atoms with Crippen molar-refractivity contribution in [2.75, 3.05) is 20.6 Å². The Morgan fingerprint density at radius 3 is 1.31 bits per heavy atom. The molecule has 0 saturated carbocycles. The van der Waals surface area contributed by atoms with Crippen LogP contribution in [0.5, 0.6) is 0 Å². The molecule has 284 valence electrons. The van der Waals surface area contributed by atoms with Gasteiger partial charge in [-0.25, -0.2) is 0 Å². The quantitative estimate of drug-likeness (QED) is 0.0522. The van der Waals surface area contributed by atoms with Crippen LogP contribution in [0.2, 0.25) is 0 Å². The third-order valence-electron chi connectivity index (χ3n) is 10.3. The molecule has 0 aliphatic carbocycles. The summed E-state index contributed by atoms with van der Waals surface area (Å²) in [6.07, 6.45) is 51.9. The standard InChI is InChI=1S/C45H81NO3/c1-6-8-10-12-14-16-18-20-22-24-26-28-30-32-34-36-38-45(48-43-41(3)47-42(40-46(4)5)44(43)49-45)39-37-35-33-31-29-27-25-23-21-19-17-15-13-11-9-7-2/h14-17,20-23,41-44H,6-13,18-19,24-40H2,1-5H3/t41-,42+,43-,44+,45?/m0/s1. The van der Waals surface area contributed by atoms with Gasteiger partial charge in [-0.3, -0.25) is 0 Å². The van der Waals surface area contributed by atoms with Crippen molar-refractivity contribution < 1.29 is 14.2 Å². The summed E-state index contributed by atoms with van der Waals surface area (Å²) in [5.41, 5.74) is 0. The van der Waals surface area contributed by atoms with Crippen LogP contribution in [0.3, 0.4) is 0 Å². The molecule has 0 amide bonds. The van der Waals surface area contributed by atoms with E-state index in [1.54, 1.807) is 0 Å². The minimum Gasteiger partial charge on any atom is -0.368 e. The molecule has 0 spiro atoms. The van der Waals surface area contributed by atoms with Gasteiger partial charge in [0.15, 0.2) is 5.79 Å². The number of hydrogen-bond acceptors (Lipinski definition) is 4. The van der Waals surface area contributed by atoms with Crippen molar-refractivity contribution in [2.45, 2.75) is 218 Å². The molecule has 2 heterocycles. The third kappa shape index (κ3) is 21.0. The predicted octanol–water partition coefficient (Wildman–Crippen LogP) is 13.2. The Morgan fingerprint density at radius 2 is 0.878 bits per heavy atom. The minimum absolute atomic E-state index is 0.0617. The zero-order valence-corrected chi connectivity index (χ0v) is 33.2. The van der Waals surface area contributed by atoms with Crippen LogP contribution in [0.25, 0.3) is 0 Å². The average Bonchev–Trinajstić information content (AvgIpc) is 3.59. The summed E-state index contributed by atoms with van der Waals surface area (Å²) in [5.74, 6) is -0.414. The summed E-state index contributed by atoms with van der Waals surface area (Å²) >= 11 is 0. The molecule has 0 aromatic heterocycles. The summed E-state index contributed by atoms with van der Waals surface area (Å²) in [4.78, 5) is 2.22. The molecule has 0 bridgehead atoms. The van der Waals surface area contributed by atoms with E-state index in [4.69, 9.17) is 14.2 Å². The van der Waals surface area contributed by atoms with Gasteiger partial charge in [-0.2, -0.15) is 0 Å². The van der Waals surface area contributed by atoms with E-state index in [1.807, 2.05) is 0 Å². The molecule has 2 fully saturated rings. The van der Waals surface area contributed by atoms with Crippen LogP contribution in [0.1, 0.15) is 188 Å². The highest BCUT2D eigenvalue weighted by atomic mass is 16.8. The van der Waals surface area contributed by atoms with E-state index in [1.165, 1.54) is 141 Å². The van der Waals surface area contributed by atoms with Gasteiger partial charge in [0.25, 0.3) is 0 Å². The molecule has 2 rings (SSSR count). The first-order valence-corrected chi connectivity index (χ1v) is 21.3. The van der Waals surface area contributed by atoms with Gasteiger partial charge in [-0.05, 0) is 98.1 Å². The summed E-state index contributed by atoms with van der Waals surface area (Å²) in [6.45, 7) is 7.60. The number of likely N-dealkylation sites (N-methyl/N-ethyl adjacent to an activating group) is 1. The molecule has 0 aromatic carbocycles. The van der Waals surface area contributed by atoms with Crippen molar-refractivity contribution in [2.24, 2.45) is 0 Å². The second-order valence-corrected chi connectivity index (χ2v) is 15.4. The lowest BCUT2D eigenvalue weighted by atomic mass is 9.98. The van der Waals surface area contributed by atoms with Crippen LogP contribution in [0, 0.1) is 0 Å². The first kappa shape index (κ1) is 44.0. The van der Waals surface area contributed by atoms with Crippen LogP contribution in [0.4, 0.5) is 0 Å². The van der Waals surface area contributed by atoms with Gasteiger partial charge in [0.1, 0.15) is 12.2 Å². The zero-order valence-electron chi connectivity index (χ0n) is 33.2. The molecule has 2 saturated heterocycles. The molecular weight excluding hydrogens is 602 g/mol. The highest BCUT2D eigenvalue weighted by molar-refractivity contribution is 4.99. The topological polar surface area (TPSA) is 30.9 Å². The Hall–Kier alpha value is -1.20. The lowest BCUT2D eigenvalue weighted by Gasteiger charge is -2.31. The summed E-state index contributed by atoms with van der Waals surface area (Å²) in [6, 6.07) is 0. The molecule has 0 unspecified atom stereocenters. The molecule has 49 heavy (non-hydrogen) atoms. The van der Waals surface area contributed by atoms with Crippen molar-refractivity contribution >= 4 is 0 Å². The third-order valence-corrected chi connectivity index (χ3v) is 10.3. The fourth-order valence-electron chi connectivity index (χ4n) is 7.37. The number of unbranched alkanes of at least 4 members (excludes halogenated alkanes) is 18. The van der Waals surface area contributed by atoms with Crippen LogP contribution in [-0.4, -0.2) is 55.7 Å². The maximum Gasteiger partial charge on any atom is 0.169 e. The van der Waals surface area contributed by atoms with E-state index in [-0.39, 0.29) is 24.4 Å². The number of allylic oxidation sites excluding steroid dienone is 8. The number of hydrogen-bond donors (Lipinski definition) is 0. The van der Waals surface area contributed by atoms with E-state index in [2.05, 4.69) is 88.4 Å². The van der Waals surface area contributed by atoms with E-state index in [9.17, 15) is 0 Å². The maximum absolute atomic E-state index is 6.91. The molecule has 0 radical (unpaired) electrons. The SMILES string of the molecule is CCCCCC=CCC=CCCCCCCCCC1(CCCCCCCCC=CCC=CCCCCC)O[C@@H]2[C@H](O1)[C@@H](CN(C)C)O[C@H]2C. The van der Waals surface area contributed by atoms with Gasteiger partial charge in [0, 0.05) is 19.4 Å². The first-order valence-electron chi connectivity index (χ1n) is 21.3. The van der Waals surface area contributed by atoms with Crippen LogP contribution >= 0.6 is 0 Å². The van der Waals surface area contributed by atoms with Crippen LogP contribution in [-0.2, 0) is 14.2 Å². The highest BCUT2D eigenvalue weighted by Crippen LogP contribution is 2.44. The average molecular weight is 684 g/mol. The van der Waals surface area contributed by atoms with Gasteiger partial charge in [-0.1, -0.05) is 140 Å². The number of nitrogens with zero attached hydrogens (tertiary/aromatic N) is 1. The van der Waals surface area contributed by atoms with E-state index in [0.29, 0.717) is 0 Å². The smallest absolute Gasteiger partial charge is 0.169 e. The molecule has 4 heteroatoms. The summed E-state index contributed by atoms with van der Waals surface area (Å²) < 4.78 is 20.1. The highest BCUT2D eigenvalue weighted by Gasteiger charge is 2.56. The van der Waals surface area contributed by atoms with Crippen LogP contribution in [0.15, 0.2) is 48.6 Å². The molecule has 0 N–H and O–H groups in total. The molecule has 4 atom stereocenters. The Kier molecular flexibility index (Phi) is 26.4. The lowest BCUT2D eigenvalue weighted by molar-refractivity contribution is -0.217. The molecule has 4 nitrogen and oxygen atoms in total. The lowest BCUT2D eigenvalue weighted by Crippen LogP contribution is -2.38. The number of rotatable bonds is 32. The van der Waals surface area contributed by atoms with Crippen molar-refractivity contribution in [3.05, 3.63) is 48.6 Å². The van der Waals surface area contributed by atoms with E-state index < -0.39 is 5.79 Å². The molecule has 2 aliphatic heterocycles. The second kappa shape index (κ2) is 29.4. The van der Waals surface area contributed by atoms with Gasteiger partial charge >= 0.3 is 0 Å².